The zero-order chi connectivity index (χ0) is 92.3. The number of pyridine rings is 3. The van der Waals surface area contributed by atoms with E-state index in [9.17, 15) is 0 Å². The quantitative estimate of drug-likeness (QED) is 0.0881. The second-order valence-electron chi connectivity index (χ2n) is 34.4. The summed E-state index contributed by atoms with van der Waals surface area (Å²) in [6.45, 7) is 0. The molecule has 26 rings (SSSR count). The van der Waals surface area contributed by atoms with Crippen LogP contribution in [0.5, 0.6) is 0 Å². The van der Waals surface area contributed by atoms with Crippen molar-refractivity contribution < 1.29 is 0 Å². The van der Waals surface area contributed by atoms with Gasteiger partial charge in [-0.3, -0.25) is 15.0 Å². The van der Waals surface area contributed by atoms with E-state index >= 15 is 0 Å². The maximum Gasteiger partial charge on any atom is 0.164 e. The van der Waals surface area contributed by atoms with Crippen LogP contribution in [0.4, 0.5) is 0 Å². The first-order valence-corrected chi connectivity index (χ1v) is 46.2. The number of hydrogen-bond acceptors (Lipinski definition) is 16. The Morgan fingerprint density at radius 3 is 0.849 bits per heavy atom. The van der Waals surface area contributed by atoms with Crippen molar-refractivity contribution in [3.63, 3.8) is 0 Å². The molecule has 3 aliphatic carbocycles. The van der Waals surface area contributed by atoms with Gasteiger partial charge >= 0.3 is 0 Å². The van der Waals surface area contributed by atoms with Crippen LogP contribution in [0.2, 0.25) is 0 Å². The van der Waals surface area contributed by atoms with Crippen molar-refractivity contribution in [3.05, 3.63) is 483 Å². The van der Waals surface area contributed by atoms with Crippen molar-refractivity contribution in [2.45, 2.75) is 19.3 Å². The van der Waals surface area contributed by atoms with Crippen LogP contribution in [-0.2, 0) is 19.3 Å². The first-order valence-electron chi connectivity index (χ1n) is 46.2. The van der Waals surface area contributed by atoms with Gasteiger partial charge in [-0.25, -0.2) is 64.8 Å². The third-order valence-electron chi connectivity index (χ3n) is 25.7. The highest BCUT2D eigenvalue weighted by Crippen LogP contribution is 2.46. The minimum atomic E-state index is 0.604. The number of fused-ring (bicyclic) bond motifs is 10. The predicted molar refractivity (Wildman–Crippen MR) is 553 cm³/mol. The molecule has 0 spiro atoms. The molecule has 8 heterocycles. The highest BCUT2D eigenvalue weighted by Gasteiger charge is 2.29. The molecule has 8 aromatic heterocycles. The van der Waals surface area contributed by atoms with Crippen molar-refractivity contribution in [1.29, 1.82) is 0 Å². The lowest BCUT2D eigenvalue weighted by Crippen LogP contribution is -2.00. The molecule has 0 unspecified atom stereocenters. The highest BCUT2D eigenvalue weighted by atomic mass is 15.1. The lowest BCUT2D eigenvalue weighted by Gasteiger charge is -2.13. The van der Waals surface area contributed by atoms with Crippen LogP contribution >= 0.6 is 0 Å². The predicted octanol–water partition coefficient (Wildman–Crippen LogP) is 27.9. The van der Waals surface area contributed by atoms with Crippen LogP contribution in [0, 0.1) is 0 Å². The van der Waals surface area contributed by atoms with Gasteiger partial charge in [-0.2, -0.15) is 0 Å². The van der Waals surface area contributed by atoms with Crippen LogP contribution < -0.4 is 0 Å². The summed E-state index contributed by atoms with van der Waals surface area (Å²) in [6, 6.07) is 139. The molecule has 23 aromatic rings. The molecule has 0 amide bonds. The summed E-state index contributed by atoms with van der Waals surface area (Å²) in [6.07, 6.45) is 15.2. The summed E-state index contributed by atoms with van der Waals surface area (Å²) in [5.74, 6) is 5.70. The summed E-state index contributed by atoms with van der Waals surface area (Å²) < 4.78 is 0. The van der Waals surface area contributed by atoms with Gasteiger partial charge in [0.1, 0.15) is 12.7 Å². The fourth-order valence-electron chi connectivity index (χ4n) is 18.9. The summed E-state index contributed by atoms with van der Waals surface area (Å²) in [5.41, 5.74) is 37.8. The third kappa shape index (κ3) is 17.0. The molecule has 139 heavy (non-hydrogen) atoms. The topological polar surface area (TPSA) is 206 Å². The maximum atomic E-state index is 5.02. The van der Waals surface area contributed by atoms with E-state index in [4.69, 9.17) is 59.8 Å². The fourth-order valence-corrected chi connectivity index (χ4v) is 18.9. The minimum Gasteiger partial charge on any atom is -0.265 e. The molecule has 3 aliphatic rings. The SMILES string of the molecule is c1ccc(-c2nc(-c3ccccc3)nc(-c3cc(-c4ccc(-c5ncnc6c5Cc5ccccc5-6)cc4)cc(-c4cccnc4)c3)n2)cc1.c1ccc(-c2nc(-c3ccccc3)nc(-c3cc(-c4ccncc4)cc(-c4ccc(-c5ncnc6c5Cc5ccccc5-6)cc4)c3)n2)cc1.c1ccc(-c2nc(-c3ccccc3)nc(-c3ccc4cc(-c5nccc6c5Cc5ccccc5-6)ccc4c3)n2)cc1. The Morgan fingerprint density at radius 1 is 0.151 bits per heavy atom. The summed E-state index contributed by atoms with van der Waals surface area (Å²) in [5, 5.41) is 2.28. The minimum absolute atomic E-state index is 0.604. The molecule has 0 N–H and O–H groups in total. The standard InChI is InChI=1S/2C43H28N6.C37H24N4/c1-3-10-30(11-4-1)41-47-42(31-12-5-2-6-13-31)49-43(48-41)36-23-34(22-35(24-36)33-15-9-21-44-26-33)28-17-19-29(20-18-28)39-38-25-32-14-7-8-16-37(32)40(38)46-27-45-39;1-3-9-31(10-4-1)41-47-42(32-11-5-2-6-12-32)49-43(48-41)36-24-34(23-35(25-36)29-19-21-44-22-20-29)28-15-17-30(18-16-28)39-38-26-33-13-7-8-14-37(33)40(38)46-27-45-39;1-3-9-24(10-4-1)35-39-36(25-11-5-2-6-12-25)41-37(40-35)30-18-16-26-21-29(17-15-27(26)22-30)34-33-23-28-13-7-8-14-31(28)32(33)19-20-38-34/h1-24,26-27H,25H2;1-25,27H,26H2;1-22H,23H2. The lowest BCUT2D eigenvalue weighted by atomic mass is 9.95. The monoisotopic (exact) mass is 1780 g/mol. The zero-order valence-corrected chi connectivity index (χ0v) is 75.0. The molecule has 0 aliphatic heterocycles. The smallest absolute Gasteiger partial charge is 0.164 e. The second-order valence-corrected chi connectivity index (χ2v) is 34.4. The van der Waals surface area contributed by atoms with Gasteiger partial charge in [-0.05, 0) is 156 Å². The largest absolute Gasteiger partial charge is 0.265 e. The Hall–Kier alpha value is -18.8. The normalized spacial score (nSPS) is 11.7. The van der Waals surface area contributed by atoms with E-state index in [1.807, 2.05) is 225 Å². The van der Waals surface area contributed by atoms with Gasteiger partial charge in [0.25, 0.3) is 0 Å². The molecule has 16 nitrogen and oxygen atoms in total. The van der Waals surface area contributed by atoms with E-state index in [1.165, 1.54) is 55.6 Å². The average molecular weight is 1780 g/mol. The Bertz CT molecular complexity index is 8020. The molecule has 652 valence electrons. The summed E-state index contributed by atoms with van der Waals surface area (Å²) in [7, 11) is 0. The molecule has 0 radical (unpaired) electrons. The summed E-state index contributed by atoms with van der Waals surface area (Å²) in [4.78, 5) is 76.8. The van der Waals surface area contributed by atoms with Gasteiger partial charge < -0.3 is 0 Å². The molecular weight excluding hydrogens is 1700 g/mol. The Labute approximate surface area is 802 Å². The van der Waals surface area contributed by atoms with E-state index in [2.05, 4.69) is 226 Å². The molecular formula is C123H80N16. The Kier molecular flexibility index (Phi) is 22.2. The first-order chi connectivity index (χ1) is 68.8. The Morgan fingerprint density at radius 2 is 0.446 bits per heavy atom. The van der Waals surface area contributed by atoms with E-state index < -0.39 is 0 Å². The van der Waals surface area contributed by atoms with Gasteiger partial charge in [-0.1, -0.05) is 334 Å². The molecule has 16 heteroatoms. The zero-order valence-electron chi connectivity index (χ0n) is 75.0. The van der Waals surface area contributed by atoms with Gasteiger partial charge in [0.15, 0.2) is 52.4 Å². The van der Waals surface area contributed by atoms with E-state index in [0.29, 0.717) is 52.4 Å². The molecule has 0 saturated carbocycles. The number of hydrogen-bond donors (Lipinski definition) is 0. The number of rotatable bonds is 16. The van der Waals surface area contributed by atoms with E-state index in [-0.39, 0.29) is 0 Å². The van der Waals surface area contributed by atoms with Crippen molar-refractivity contribution in [1.82, 2.24) is 79.7 Å². The summed E-state index contributed by atoms with van der Waals surface area (Å²) >= 11 is 0. The van der Waals surface area contributed by atoms with Crippen LogP contribution in [-0.4, -0.2) is 79.7 Å². The van der Waals surface area contributed by atoms with Gasteiger partial charge in [0, 0.05) is 145 Å². The van der Waals surface area contributed by atoms with Crippen molar-refractivity contribution in [2.24, 2.45) is 0 Å². The van der Waals surface area contributed by atoms with Crippen LogP contribution in [0.3, 0.4) is 0 Å². The molecule has 0 atom stereocenters. The number of aromatic nitrogens is 16. The van der Waals surface area contributed by atoms with Gasteiger partial charge in [-0.15, -0.1) is 0 Å². The molecule has 0 saturated heterocycles. The average Bonchev–Trinajstić information content (AvgIpc) is 1.63. The molecule has 0 fully saturated rings. The van der Waals surface area contributed by atoms with Crippen molar-refractivity contribution >= 4 is 10.8 Å². The molecule has 15 aromatic carbocycles. The van der Waals surface area contributed by atoms with Gasteiger partial charge in [0.05, 0.1) is 28.5 Å². The number of benzene rings is 15. The van der Waals surface area contributed by atoms with Crippen LogP contribution in [0.25, 0.3) is 225 Å². The van der Waals surface area contributed by atoms with Crippen LogP contribution in [0.15, 0.2) is 450 Å². The Balaban J connectivity index is 0.000000114. The molecule has 0 bridgehead atoms. The maximum absolute atomic E-state index is 5.02. The third-order valence-corrected chi connectivity index (χ3v) is 25.7. The number of nitrogens with zero attached hydrogens (tertiary/aromatic N) is 16. The lowest BCUT2D eigenvalue weighted by molar-refractivity contribution is 1.07. The van der Waals surface area contributed by atoms with Crippen molar-refractivity contribution in [2.75, 3.05) is 0 Å². The van der Waals surface area contributed by atoms with Gasteiger partial charge in [0.2, 0.25) is 0 Å². The van der Waals surface area contributed by atoms with E-state index in [0.717, 1.165) is 170 Å². The van der Waals surface area contributed by atoms with Crippen LogP contribution in [0.1, 0.15) is 33.4 Å². The highest BCUT2D eigenvalue weighted by molar-refractivity contribution is 5.93. The van der Waals surface area contributed by atoms with Crippen molar-refractivity contribution in [3.8, 4) is 214 Å². The van der Waals surface area contributed by atoms with E-state index in [1.54, 1.807) is 18.9 Å². The second kappa shape index (κ2) is 37.0. The first kappa shape index (κ1) is 83.3. The fraction of sp³-hybridized carbons (Fsp3) is 0.0244.